The molecule has 0 fully saturated rings. The number of nitro benzene ring substituents is 1. The zero-order valence-corrected chi connectivity index (χ0v) is 10.2. The summed E-state index contributed by atoms with van der Waals surface area (Å²) in [5.74, 6) is 0. The molecule has 0 bridgehead atoms. The Labute approximate surface area is 101 Å². The smallest absolute Gasteiger partial charge is 0.269 e. The van der Waals surface area contributed by atoms with Gasteiger partial charge in [0.2, 0.25) is 0 Å². The van der Waals surface area contributed by atoms with Crippen molar-refractivity contribution in [1.82, 2.24) is 0 Å². The van der Waals surface area contributed by atoms with Crippen LogP contribution in [0.5, 0.6) is 0 Å². The fourth-order valence-electron chi connectivity index (χ4n) is 1.37. The van der Waals surface area contributed by atoms with Gasteiger partial charge in [0, 0.05) is 12.1 Å². The first-order valence-corrected chi connectivity index (χ1v) is 5.79. The second-order valence-corrected chi connectivity index (χ2v) is 3.98. The zero-order valence-electron chi connectivity index (χ0n) is 10.2. The van der Waals surface area contributed by atoms with Crippen LogP contribution in [0.3, 0.4) is 0 Å². The molecule has 0 radical (unpaired) electrons. The van der Waals surface area contributed by atoms with Gasteiger partial charge < -0.3 is 0 Å². The Hall–Kier alpha value is -1.62. The van der Waals surface area contributed by atoms with Crippen molar-refractivity contribution in [3.63, 3.8) is 0 Å². The van der Waals surface area contributed by atoms with E-state index >= 15 is 0 Å². The lowest BCUT2D eigenvalue weighted by Crippen LogP contribution is -2.13. The quantitative estimate of drug-likeness (QED) is 0.583. The molecule has 1 rings (SSSR count). The number of nitrogens with one attached hydrogen (secondary N) is 1. The third-order valence-corrected chi connectivity index (χ3v) is 2.42. The van der Waals surface area contributed by atoms with E-state index in [4.69, 9.17) is 4.84 Å². The summed E-state index contributed by atoms with van der Waals surface area (Å²) in [5.41, 5.74) is 3.60. The van der Waals surface area contributed by atoms with E-state index in [9.17, 15) is 10.1 Å². The SMILES string of the molecule is CCCCC(C)ONc1ccc([N+](=O)[O-])cc1. The highest BCUT2D eigenvalue weighted by atomic mass is 16.7. The molecule has 0 aliphatic rings. The van der Waals surface area contributed by atoms with Crippen molar-refractivity contribution < 1.29 is 9.76 Å². The topological polar surface area (TPSA) is 64.4 Å². The normalized spacial score (nSPS) is 12.1. The minimum Gasteiger partial charge on any atom is -0.273 e. The Kier molecular flexibility index (Phi) is 5.42. The minimum absolute atomic E-state index is 0.0783. The van der Waals surface area contributed by atoms with Gasteiger partial charge >= 0.3 is 0 Å². The van der Waals surface area contributed by atoms with Crippen molar-refractivity contribution in [3.05, 3.63) is 34.4 Å². The molecule has 0 aliphatic carbocycles. The van der Waals surface area contributed by atoms with Crippen molar-refractivity contribution in [2.45, 2.75) is 39.2 Å². The number of hydrogen-bond donors (Lipinski definition) is 1. The van der Waals surface area contributed by atoms with Crippen LogP contribution in [0.2, 0.25) is 0 Å². The van der Waals surface area contributed by atoms with Crippen molar-refractivity contribution in [2.75, 3.05) is 5.48 Å². The van der Waals surface area contributed by atoms with Crippen LogP contribution < -0.4 is 5.48 Å². The van der Waals surface area contributed by atoms with E-state index < -0.39 is 4.92 Å². The molecule has 1 N–H and O–H groups in total. The molecule has 0 heterocycles. The predicted octanol–water partition coefficient (Wildman–Crippen LogP) is 3.52. The first kappa shape index (κ1) is 13.4. The van der Waals surface area contributed by atoms with E-state index in [-0.39, 0.29) is 11.8 Å². The number of anilines is 1. The highest BCUT2D eigenvalue weighted by Crippen LogP contribution is 2.16. The van der Waals surface area contributed by atoms with Crippen LogP contribution in [0.1, 0.15) is 33.1 Å². The van der Waals surface area contributed by atoms with Crippen molar-refractivity contribution in [1.29, 1.82) is 0 Å². The maximum atomic E-state index is 10.5. The van der Waals surface area contributed by atoms with Crippen LogP contribution >= 0.6 is 0 Å². The fourth-order valence-corrected chi connectivity index (χ4v) is 1.37. The number of benzene rings is 1. The Balaban J connectivity index is 2.39. The van der Waals surface area contributed by atoms with Crippen LogP contribution in [0.4, 0.5) is 11.4 Å². The van der Waals surface area contributed by atoms with Crippen LogP contribution in [0.15, 0.2) is 24.3 Å². The van der Waals surface area contributed by atoms with Gasteiger partial charge in [-0.15, -0.1) is 0 Å². The van der Waals surface area contributed by atoms with E-state index in [2.05, 4.69) is 12.4 Å². The summed E-state index contributed by atoms with van der Waals surface area (Å²) in [6.45, 7) is 4.13. The van der Waals surface area contributed by atoms with E-state index in [1.54, 1.807) is 12.1 Å². The lowest BCUT2D eigenvalue weighted by Gasteiger charge is -2.13. The van der Waals surface area contributed by atoms with Crippen LogP contribution in [-0.4, -0.2) is 11.0 Å². The maximum absolute atomic E-state index is 10.5. The van der Waals surface area contributed by atoms with Gasteiger partial charge in [-0.05, 0) is 25.5 Å². The van der Waals surface area contributed by atoms with Gasteiger partial charge in [0.1, 0.15) is 0 Å². The van der Waals surface area contributed by atoms with Crippen LogP contribution in [0, 0.1) is 10.1 Å². The highest BCUT2D eigenvalue weighted by molar-refractivity contribution is 5.46. The molecule has 1 unspecified atom stereocenters. The average Bonchev–Trinajstić information content (AvgIpc) is 2.34. The summed E-state index contributed by atoms with van der Waals surface area (Å²) < 4.78 is 0. The molecule has 1 aromatic carbocycles. The summed E-state index contributed by atoms with van der Waals surface area (Å²) in [6.07, 6.45) is 3.40. The number of unbranched alkanes of at least 4 members (excludes halogenated alkanes) is 1. The Morgan fingerprint density at radius 2 is 2.06 bits per heavy atom. The predicted molar refractivity (Wildman–Crippen MR) is 66.8 cm³/mol. The molecule has 5 heteroatoms. The molecule has 17 heavy (non-hydrogen) atoms. The van der Waals surface area contributed by atoms with Gasteiger partial charge in [0.15, 0.2) is 0 Å². The van der Waals surface area contributed by atoms with Gasteiger partial charge in [-0.25, -0.2) is 0 Å². The van der Waals surface area contributed by atoms with Gasteiger partial charge in [-0.3, -0.25) is 20.4 Å². The second-order valence-electron chi connectivity index (χ2n) is 3.98. The summed E-state index contributed by atoms with van der Waals surface area (Å²) >= 11 is 0. The molecular weight excluding hydrogens is 220 g/mol. The molecular formula is C12H18N2O3. The standard InChI is InChI=1S/C12H18N2O3/c1-3-4-5-10(2)17-13-11-6-8-12(9-7-11)14(15)16/h6-10,13H,3-5H2,1-2H3. The number of hydrogen-bond acceptors (Lipinski definition) is 4. The maximum Gasteiger partial charge on any atom is 0.269 e. The lowest BCUT2D eigenvalue weighted by molar-refractivity contribution is -0.384. The summed E-state index contributed by atoms with van der Waals surface area (Å²) in [7, 11) is 0. The van der Waals surface area contributed by atoms with Gasteiger partial charge in [0.25, 0.3) is 5.69 Å². The molecule has 0 aromatic heterocycles. The molecule has 0 saturated heterocycles. The molecule has 0 saturated carbocycles. The van der Waals surface area contributed by atoms with Crippen LogP contribution in [-0.2, 0) is 4.84 Å². The lowest BCUT2D eigenvalue weighted by atomic mass is 10.2. The van der Waals surface area contributed by atoms with Gasteiger partial charge in [-0.2, -0.15) is 0 Å². The van der Waals surface area contributed by atoms with E-state index in [1.165, 1.54) is 12.1 Å². The summed E-state index contributed by atoms with van der Waals surface area (Å²) in [5, 5.41) is 10.5. The molecule has 0 amide bonds. The highest BCUT2D eigenvalue weighted by Gasteiger charge is 2.05. The second kappa shape index (κ2) is 6.85. The zero-order chi connectivity index (χ0) is 12.7. The fraction of sp³-hybridized carbons (Fsp3) is 0.500. The molecule has 5 nitrogen and oxygen atoms in total. The van der Waals surface area contributed by atoms with Crippen LogP contribution in [0.25, 0.3) is 0 Å². The summed E-state index contributed by atoms with van der Waals surface area (Å²) in [6, 6.07) is 6.15. The minimum atomic E-state index is -0.422. The van der Waals surface area contributed by atoms with E-state index in [1.807, 2.05) is 6.92 Å². The number of nitrogens with zero attached hydrogens (tertiary/aromatic N) is 1. The Morgan fingerprint density at radius 3 is 2.59 bits per heavy atom. The van der Waals surface area contributed by atoms with Crippen molar-refractivity contribution in [2.24, 2.45) is 0 Å². The van der Waals surface area contributed by atoms with Crippen molar-refractivity contribution in [3.8, 4) is 0 Å². The first-order valence-electron chi connectivity index (χ1n) is 5.79. The van der Waals surface area contributed by atoms with E-state index in [0.717, 1.165) is 24.9 Å². The molecule has 1 atom stereocenters. The summed E-state index contributed by atoms with van der Waals surface area (Å²) in [4.78, 5) is 15.4. The molecule has 0 aliphatic heterocycles. The third-order valence-electron chi connectivity index (χ3n) is 2.42. The Morgan fingerprint density at radius 1 is 1.41 bits per heavy atom. The number of non-ortho nitro benzene ring substituents is 1. The molecule has 1 aromatic rings. The van der Waals surface area contributed by atoms with Gasteiger partial charge in [0.05, 0.1) is 16.7 Å². The Bertz CT molecular complexity index is 351. The monoisotopic (exact) mass is 238 g/mol. The van der Waals surface area contributed by atoms with E-state index in [0.29, 0.717) is 0 Å². The number of rotatable bonds is 7. The van der Waals surface area contributed by atoms with Gasteiger partial charge in [-0.1, -0.05) is 19.8 Å². The van der Waals surface area contributed by atoms with Crippen molar-refractivity contribution >= 4 is 11.4 Å². The third kappa shape index (κ3) is 4.82. The molecule has 0 spiro atoms. The first-order chi connectivity index (χ1) is 8.13. The number of nitro groups is 1. The molecule has 94 valence electrons. The average molecular weight is 238 g/mol. The largest absolute Gasteiger partial charge is 0.273 e.